The molecule has 1 aliphatic heterocycles. The van der Waals surface area contributed by atoms with Crippen molar-refractivity contribution in [3.63, 3.8) is 0 Å². The smallest absolute Gasteiger partial charge is 0.139 e. The van der Waals surface area contributed by atoms with Gasteiger partial charge in [0.25, 0.3) is 0 Å². The Labute approximate surface area is 115 Å². The van der Waals surface area contributed by atoms with Gasteiger partial charge in [-0.1, -0.05) is 18.2 Å². The Balaban J connectivity index is 1.96. The average molecular weight is 271 g/mol. The molecule has 4 nitrogen and oxygen atoms in total. The molecule has 96 valence electrons. The summed E-state index contributed by atoms with van der Waals surface area (Å²) < 4.78 is 0. The molecule has 0 radical (unpaired) electrons. The van der Waals surface area contributed by atoms with Crippen LogP contribution in [0.2, 0.25) is 0 Å². The molecule has 0 fully saturated rings. The molecule has 1 aromatic heterocycles. The van der Waals surface area contributed by atoms with Gasteiger partial charge < -0.3 is 10.0 Å². The molecule has 5 heteroatoms. The highest BCUT2D eigenvalue weighted by atomic mass is 32.1. The fourth-order valence-corrected chi connectivity index (χ4v) is 2.97. The maximum Gasteiger partial charge on any atom is 0.139 e. The second kappa shape index (κ2) is 4.51. The monoisotopic (exact) mass is 271 g/mol. The minimum absolute atomic E-state index is 0.211. The summed E-state index contributed by atoms with van der Waals surface area (Å²) >= 11 is 1.46. The van der Waals surface area contributed by atoms with Crippen molar-refractivity contribution in [2.24, 2.45) is 0 Å². The third kappa shape index (κ3) is 2.02. The van der Waals surface area contributed by atoms with E-state index in [1.54, 1.807) is 4.90 Å². The molecule has 0 saturated carbocycles. The quantitative estimate of drug-likeness (QED) is 0.881. The molecule has 19 heavy (non-hydrogen) atoms. The molecule has 0 atom stereocenters. The summed E-state index contributed by atoms with van der Waals surface area (Å²) in [6.45, 7) is 2.24. The van der Waals surface area contributed by atoms with Crippen LogP contribution < -0.4 is 4.90 Å². The number of amidine groups is 1. The molecule has 3 rings (SSSR count). The van der Waals surface area contributed by atoms with Gasteiger partial charge in [0.2, 0.25) is 0 Å². The fourth-order valence-electron chi connectivity index (χ4n) is 2.10. The first-order valence-electron chi connectivity index (χ1n) is 5.93. The summed E-state index contributed by atoms with van der Waals surface area (Å²) in [5.41, 5.74) is 2.36. The number of nitrogens with zero attached hydrogens (tertiary/aromatic N) is 2. The molecular weight excluding hydrogens is 258 g/mol. The number of aromatic nitrogens is 1. The van der Waals surface area contributed by atoms with Crippen molar-refractivity contribution in [2.75, 3.05) is 11.4 Å². The number of para-hydroxylation sites is 1. The van der Waals surface area contributed by atoms with E-state index in [2.05, 4.69) is 4.98 Å². The number of benzene rings is 1. The van der Waals surface area contributed by atoms with Crippen molar-refractivity contribution >= 4 is 28.4 Å². The SMILES string of the molecule is Cc1csc(C2=C(O)CN(c3ccccc3)C2=N)n1. The van der Waals surface area contributed by atoms with Gasteiger partial charge in [-0.2, -0.15) is 0 Å². The standard InChI is InChI=1S/C14H13N3OS/c1-9-8-19-14(16-9)12-11(18)7-17(13(12)15)10-5-3-2-4-6-10/h2-6,8,15,18H,7H2,1H3. The highest BCUT2D eigenvalue weighted by Gasteiger charge is 2.30. The van der Waals surface area contributed by atoms with E-state index in [1.165, 1.54) is 11.3 Å². The Morgan fingerprint density at radius 1 is 1.32 bits per heavy atom. The lowest BCUT2D eigenvalue weighted by atomic mass is 10.2. The number of hydrogen-bond donors (Lipinski definition) is 2. The van der Waals surface area contributed by atoms with Gasteiger partial charge in [0.05, 0.1) is 12.1 Å². The van der Waals surface area contributed by atoms with Crippen LogP contribution >= 0.6 is 11.3 Å². The Morgan fingerprint density at radius 3 is 2.68 bits per heavy atom. The van der Waals surface area contributed by atoms with Gasteiger partial charge in [-0.25, -0.2) is 4.98 Å². The Kier molecular flexibility index (Phi) is 2.83. The number of nitrogens with one attached hydrogen (secondary N) is 1. The van der Waals surface area contributed by atoms with Gasteiger partial charge in [0, 0.05) is 16.8 Å². The van der Waals surface area contributed by atoms with Crippen LogP contribution in [-0.2, 0) is 0 Å². The maximum absolute atomic E-state index is 10.1. The summed E-state index contributed by atoms with van der Waals surface area (Å²) in [5.74, 6) is 0.515. The minimum atomic E-state index is 0.211. The molecule has 2 N–H and O–H groups in total. The first-order chi connectivity index (χ1) is 9.16. The van der Waals surface area contributed by atoms with Gasteiger partial charge in [-0.15, -0.1) is 11.3 Å². The number of thiazole rings is 1. The number of aliphatic hydroxyl groups excluding tert-OH is 1. The van der Waals surface area contributed by atoms with Crippen molar-refractivity contribution in [2.45, 2.75) is 6.92 Å². The Bertz CT molecular complexity index is 660. The van der Waals surface area contributed by atoms with Gasteiger partial charge in [0.15, 0.2) is 0 Å². The maximum atomic E-state index is 10.1. The molecule has 0 aliphatic carbocycles. The molecule has 0 saturated heterocycles. The molecular formula is C14H13N3OS. The van der Waals surface area contributed by atoms with Crippen LogP contribution in [0.4, 0.5) is 5.69 Å². The summed E-state index contributed by atoms with van der Waals surface area (Å²) in [4.78, 5) is 6.13. The van der Waals surface area contributed by atoms with Crippen LogP contribution in [0.3, 0.4) is 0 Å². The summed E-state index contributed by atoms with van der Waals surface area (Å²) in [5, 5.41) is 21.0. The predicted octanol–water partition coefficient (Wildman–Crippen LogP) is 3.22. The van der Waals surface area contributed by atoms with E-state index in [1.807, 2.05) is 42.6 Å². The summed E-state index contributed by atoms with van der Waals surface area (Å²) in [7, 11) is 0. The third-order valence-corrected chi connectivity index (χ3v) is 3.98. The second-order valence-electron chi connectivity index (χ2n) is 4.39. The molecule has 1 aliphatic rings. The van der Waals surface area contributed by atoms with Crippen molar-refractivity contribution < 1.29 is 5.11 Å². The topological polar surface area (TPSA) is 60.2 Å². The van der Waals surface area contributed by atoms with Crippen molar-refractivity contribution in [3.05, 3.63) is 52.2 Å². The average Bonchev–Trinajstić information content (AvgIpc) is 2.95. The van der Waals surface area contributed by atoms with Gasteiger partial charge >= 0.3 is 0 Å². The normalized spacial score (nSPS) is 15.4. The molecule has 2 heterocycles. The zero-order valence-corrected chi connectivity index (χ0v) is 11.2. The molecule has 0 amide bonds. The van der Waals surface area contributed by atoms with Crippen LogP contribution in [0, 0.1) is 12.3 Å². The van der Waals surface area contributed by atoms with E-state index in [-0.39, 0.29) is 5.76 Å². The van der Waals surface area contributed by atoms with Gasteiger partial charge in [-0.3, -0.25) is 5.41 Å². The van der Waals surface area contributed by atoms with Crippen LogP contribution in [0.1, 0.15) is 10.7 Å². The van der Waals surface area contributed by atoms with Crippen LogP contribution in [0.5, 0.6) is 0 Å². The van der Waals surface area contributed by atoms with Gasteiger partial charge in [0.1, 0.15) is 16.6 Å². The van der Waals surface area contributed by atoms with Crippen LogP contribution in [0.15, 0.2) is 41.5 Å². The number of aliphatic hydroxyl groups is 1. The van der Waals surface area contributed by atoms with E-state index < -0.39 is 0 Å². The predicted molar refractivity (Wildman–Crippen MR) is 77.9 cm³/mol. The minimum Gasteiger partial charge on any atom is -0.510 e. The number of aryl methyl sites for hydroxylation is 1. The first kappa shape index (κ1) is 11.9. The largest absolute Gasteiger partial charge is 0.510 e. The van der Waals surface area contributed by atoms with Gasteiger partial charge in [-0.05, 0) is 19.1 Å². The molecule has 2 aromatic rings. The van der Waals surface area contributed by atoms with E-state index in [0.717, 1.165) is 11.4 Å². The Hall–Kier alpha value is -2.14. The number of hydrogen-bond acceptors (Lipinski definition) is 4. The highest BCUT2D eigenvalue weighted by Crippen LogP contribution is 2.32. The third-order valence-electron chi connectivity index (χ3n) is 3.00. The van der Waals surface area contributed by atoms with E-state index in [0.29, 0.717) is 23.0 Å². The van der Waals surface area contributed by atoms with Crippen molar-refractivity contribution in [1.82, 2.24) is 4.98 Å². The fraction of sp³-hybridized carbons (Fsp3) is 0.143. The highest BCUT2D eigenvalue weighted by molar-refractivity contribution is 7.11. The lowest BCUT2D eigenvalue weighted by Gasteiger charge is -2.18. The van der Waals surface area contributed by atoms with E-state index in [4.69, 9.17) is 5.41 Å². The van der Waals surface area contributed by atoms with Crippen LogP contribution in [-0.4, -0.2) is 22.5 Å². The lowest BCUT2D eigenvalue weighted by Crippen LogP contribution is -2.25. The second-order valence-corrected chi connectivity index (χ2v) is 5.24. The van der Waals surface area contributed by atoms with E-state index >= 15 is 0 Å². The number of anilines is 1. The molecule has 0 bridgehead atoms. The van der Waals surface area contributed by atoms with E-state index in [9.17, 15) is 5.11 Å². The summed E-state index contributed by atoms with van der Waals surface area (Å²) in [6.07, 6.45) is 0. The van der Waals surface area contributed by atoms with Crippen molar-refractivity contribution in [3.8, 4) is 0 Å². The zero-order valence-electron chi connectivity index (χ0n) is 10.4. The lowest BCUT2D eigenvalue weighted by molar-refractivity contribution is 0.411. The molecule has 1 aromatic carbocycles. The number of rotatable bonds is 2. The first-order valence-corrected chi connectivity index (χ1v) is 6.81. The van der Waals surface area contributed by atoms with Crippen molar-refractivity contribution in [1.29, 1.82) is 5.41 Å². The van der Waals surface area contributed by atoms with Crippen LogP contribution in [0.25, 0.3) is 5.57 Å². The Morgan fingerprint density at radius 2 is 2.05 bits per heavy atom. The molecule has 0 unspecified atom stereocenters. The molecule has 0 spiro atoms. The summed E-state index contributed by atoms with van der Waals surface area (Å²) in [6, 6.07) is 9.63. The zero-order chi connectivity index (χ0) is 13.4.